The molecule has 7 nitrogen and oxygen atoms in total. The van der Waals surface area contributed by atoms with Gasteiger partial charge in [-0.3, -0.25) is 4.79 Å². The third-order valence-corrected chi connectivity index (χ3v) is 8.58. The standard InChI is InChI=1S/C22H24N4O3S2/c1-15-8-3-5-11-18(15)23-20(27)22-25-24-21(30-22)17-10-7-13-26(14-17)31(28,29)19-12-6-4-9-16(19)2/h3-6,8-9,11-12,17H,7,10,13-14H2,1-2H3,(H,23,27). The van der Waals surface area contributed by atoms with Gasteiger partial charge in [-0.25, -0.2) is 8.42 Å². The van der Waals surface area contributed by atoms with Gasteiger partial charge in [0.1, 0.15) is 5.01 Å². The number of hydrogen-bond donors (Lipinski definition) is 1. The highest BCUT2D eigenvalue weighted by Crippen LogP contribution is 2.32. The number of hydrogen-bond acceptors (Lipinski definition) is 6. The summed E-state index contributed by atoms with van der Waals surface area (Å²) in [5, 5.41) is 12.1. The number of nitrogens with zero attached hydrogens (tertiary/aromatic N) is 3. The molecule has 162 valence electrons. The molecule has 1 aromatic heterocycles. The summed E-state index contributed by atoms with van der Waals surface area (Å²) in [6.45, 7) is 4.54. The Balaban J connectivity index is 1.50. The lowest BCUT2D eigenvalue weighted by Gasteiger charge is -2.31. The molecule has 2 aromatic carbocycles. The minimum atomic E-state index is -3.58. The molecule has 1 unspecified atom stereocenters. The highest BCUT2D eigenvalue weighted by atomic mass is 32.2. The van der Waals surface area contributed by atoms with Gasteiger partial charge in [-0.15, -0.1) is 10.2 Å². The molecule has 0 aliphatic carbocycles. The Morgan fingerprint density at radius 2 is 1.77 bits per heavy atom. The molecule has 1 aliphatic heterocycles. The fourth-order valence-corrected chi connectivity index (χ4v) is 6.34. The van der Waals surface area contributed by atoms with Crippen molar-refractivity contribution in [1.82, 2.24) is 14.5 Å². The monoisotopic (exact) mass is 456 g/mol. The molecule has 4 rings (SSSR count). The molecule has 1 aliphatic rings. The van der Waals surface area contributed by atoms with E-state index in [1.165, 1.54) is 15.6 Å². The van der Waals surface area contributed by atoms with Crippen molar-refractivity contribution < 1.29 is 13.2 Å². The van der Waals surface area contributed by atoms with Gasteiger partial charge in [-0.2, -0.15) is 4.31 Å². The molecule has 9 heteroatoms. The smallest absolute Gasteiger partial charge is 0.286 e. The number of anilines is 1. The van der Waals surface area contributed by atoms with Crippen molar-refractivity contribution in [2.75, 3.05) is 18.4 Å². The van der Waals surface area contributed by atoms with Crippen LogP contribution in [0, 0.1) is 13.8 Å². The molecule has 0 bridgehead atoms. The van der Waals surface area contributed by atoms with Gasteiger partial charge in [-0.05, 0) is 49.9 Å². The van der Waals surface area contributed by atoms with Crippen molar-refractivity contribution in [3.8, 4) is 0 Å². The second kappa shape index (κ2) is 8.86. The molecule has 2 heterocycles. The summed E-state index contributed by atoms with van der Waals surface area (Å²) in [6.07, 6.45) is 1.55. The lowest BCUT2D eigenvalue weighted by molar-refractivity contribution is 0.102. The molecule has 3 aromatic rings. The van der Waals surface area contributed by atoms with Crippen molar-refractivity contribution in [2.45, 2.75) is 37.5 Å². The molecule has 1 saturated heterocycles. The quantitative estimate of drug-likeness (QED) is 0.627. The van der Waals surface area contributed by atoms with E-state index >= 15 is 0 Å². The Labute approximate surface area is 186 Å². The first kappa shape index (κ1) is 21.6. The number of benzene rings is 2. The number of aryl methyl sites for hydroxylation is 2. The predicted octanol–water partition coefficient (Wildman–Crippen LogP) is 3.98. The summed E-state index contributed by atoms with van der Waals surface area (Å²) in [6, 6.07) is 14.6. The Bertz CT molecular complexity index is 1210. The molecule has 1 amide bonds. The summed E-state index contributed by atoms with van der Waals surface area (Å²) < 4.78 is 27.9. The van der Waals surface area contributed by atoms with Gasteiger partial charge >= 0.3 is 0 Å². The third-order valence-electron chi connectivity index (χ3n) is 5.47. The van der Waals surface area contributed by atoms with Gasteiger partial charge in [-0.1, -0.05) is 47.7 Å². The van der Waals surface area contributed by atoms with Crippen molar-refractivity contribution >= 4 is 33.0 Å². The zero-order valence-corrected chi connectivity index (χ0v) is 19.0. The van der Waals surface area contributed by atoms with E-state index in [1.54, 1.807) is 25.1 Å². The van der Waals surface area contributed by atoms with Crippen LogP contribution in [0.5, 0.6) is 0 Å². The molecule has 0 radical (unpaired) electrons. The van der Waals surface area contributed by atoms with E-state index < -0.39 is 10.0 Å². The van der Waals surface area contributed by atoms with Crippen molar-refractivity contribution in [3.05, 3.63) is 69.7 Å². The van der Waals surface area contributed by atoms with Crippen LogP contribution in [-0.2, 0) is 10.0 Å². The van der Waals surface area contributed by atoms with E-state index in [2.05, 4.69) is 15.5 Å². The highest BCUT2D eigenvalue weighted by molar-refractivity contribution is 7.89. The molecule has 0 spiro atoms. The van der Waals surface area contributed by atoms with E-state index in [4.69, 9.17) is 0 Å². The van der Waals surface area contributed by atoms with E-state index in [0.717, 1.165) is 29.7 Å². The number of nitrogens with one attached hydrogen (secondary N) is 1. The maximum atomic E-state index is 13.2. The van der Waals surface area contributed by atoms with Crippen molar-refractivity contribution in [3.63, 3.8) is 0 Å². The average molecular weight is 457 g/mol. The van der Waals surface area contributed by atoms with Gasteiger partial charge in [0.2, 0.25) is 15.0 Å². The third kappa shape index (κ3) is 4.53. The Hall–Kier alpha value is -2.62. The summed E-state index contributed by atoms with van der Waals surface area (Å²) in [7, 11) is -3.58. The average Bonchev–Trinajstić information content (AvgIpc) is 3.26. The number of rotatable bonds is 5. The maximum absolute atomic E-state index is 13.2. The Morgan fingerprint density at radius 1 is 1.06 bits per heavy atom. The normalized spacial score (nSPS) is 17.4. The van der Waals surface area contributed by atoms with E-state index in [0.29, 0.717) is 23.0 Å². The molecule has 31 heavy (non-hydrogen) atoms. The zero-order chi connectivity index (χ0) is 22.0. The summed E-state index contributed by atoms with van der Waals surface area (Å²) in [4.78, 5) is 12.9. The predicted molar refractivity (Wildman–Crippen MR) is 121 cm³/mol. The minimum Gasteiger partial charge on any atom is -0.320 e. The van der Waals surface area contributed by atoms with E-state index in [-0.39, 0.29) is 16.8 Å². The second-order valence-electron chi connectivity index (χ2n) is 7.68. The van der Waals surface area contributed by atoms with E-state index in [9.17, 15) is 13.2 Å². The van der Waals surface area contributed by atoms with Gasteiger partial charge < -0.3 is 5.32 Å². The molecular weight excluding hydrogens is 432 g/mol. The fourth-order valence-electron chi connectivity index (χ4n) is 3.73. The first-order valence-electron chi connectivity index (χ1n) is 10.1. The van der Waals surface area contributed by atoms with Crippen LogP contribution in [-0.4, -0.2) is 41.9 Å². The van der Waals surface area contributed by atoms with Crippen molar-refractivity contribution in [1.29, 1.82) is 0 Å². The van der Waals surface area contributed by atoms with Gasteiger partial charge in [0.15, 0.2) is 0 Å². The van der Waals surface area contributed by atoms with Crippen LogP contribution < -0.4 is 5.32 Å². The molecule has 0 saturated carbocycles. The molecule has 1 atom stereocenters. The fraction of sp³-hybridized carbons (Fsp3) is 0.318. The van der Waals surface area contributed by atoms with Crippen LogP contribution in [0.2, 0.25) is 0 Å². The van der Waals surface area contributed by atoms with Gasteiger partial charge in [0, 0.05) is 24.7 Å². The van der Waals surface area contributed by atoms with Gasteiger partial charge in [0.05, 0.1) is 4.90 Å². The number of para-hydroxylation sites is 1. The number of piperidine rings is 1. The first-order valence-corrected chi connectivity index (χ1v) is 12.4. The molecule has 1 fully saturated rings. The van der Waals surface area contributed by atoms with Crippen LogP contribution in [0.4, 0.5) is 5.69 Å². The maximum Gasteiger partial charge on any atom is 0.286 e. The SMILES string of the molecule is Cc1ccccc1NC(=O)c1nnc(C2CCCN(S(=O)(=O)c3ccccc3C)C2)s1. The minimum absolute atomic E-state index is 0.0787. The largest absolute Gasteiger partial charge is 0.320 e. The topological polar surface area (TPSA) is 92.3 Å². The molecular formula is C22H24N4O3S2. The highest BCUT2D eigenvalue weighted by Gasteiger charge is 2.33. The number of amides is 1. The lowest BCUT2D eigenvalue weighted by atomic mass is 10.0. The number of sulfonamides is 1. The lowest BCUT2D eigenvalue weighted by Crippen LogP contribution is -2.39. The Morgan fingerprint density at radius 3 is 2.52 bits per heavy atom. The number of aromatic nitrogens is 2. The summed E-state index contributed by atoms with van der Waals surface area (Å²) in [5.41, 5.74) is 2.43. The number of carbonyl (C=O) groups excluding carboxylic acids is 1. The van der Waals surface area contributed by atoms with Crippen LogP contribution >= 0.6 is 11.3 Å². The summed E-state index contributed by atoms with van der Waals surface area (Å²) >= 11 is 1.23. The zero-order valence-electron chi connectivity index (χ0n) is 17.4. The van der Waals surface area contributed by atoms with Crippen molar-refractivity contribution in [2.24, 2.45) is 0 Å². The number of carbonyl (C=O) groups is 1. The Kier molecular flexibility index (Phi) is 6.17. The van der Waals surface area contributed by atoms with Gasteiger partial charge in [0.25, 0.3) is 5.91 Å². The van der Waals surface area contributed by atoms with E-state index in [1.807, 2.05) is 37.3 Å². The molecule has 1 N–H and O–H groups in total. The van der Waals surface area contributed by atoms with Crippen LogP contribution in [0.25, 0.3) is 0 Å². The first-order chi connectivity index (χ1) is 14.9. The van der Waals surface area contributed by atoms with Crippen LogP contribution in [0.3, 0.4) is 0 Å². The van der Waals surface area contributed by atoms with Crippen LogP contribution in [0.1, 0.15) is 44.7 Å². The van der Waals surface area contributed by atoms with Crippen LogP contribution in [0.15, 0.2) is 53.4 Å². The summed E-state index contributed by atoms with van der Waals surface area (Å²) in [5.74, 6) is -0.386. The second-order valence-corrected chi connectivity index (χ2v) is 10.6.